The number of alkyl halides is 1. The zero-order valence-electron chi connectivity index (χ0n) is 9.37. The standard InChI is InChI=1S/C10H20BrNO2S/c1-8(2)7-15(13,14)12-6-9-4-3-5-10(9)11/h8-10,12H,3-7H2,1-2H3. The third-order valence-corrected chi connectivity index (χ3v) is 5.60. The van der Waals surface area contributed by atoms with Gasteiger partial charge in [-0.15, -0.1) is 0 Å². The lowest BCUT2D eigenvalue weighted by molar-refractivity contribution is 0.524. The molecule has 2 unspecified atom stereocenters. The van der Waals surface area contributed by atoms with Gasteiger partial charge < -0.3 is 0 Å². The highest BCUT2D eigenvalue weighted by Gasteiger charge is 2.26. The van der Waals surface area contributed by atoms with Crippen LogP contribution in [0.3, 0.4) is 0 Å². The zero-order valence-corrected chi connectivity index (χ0v) is 11.8. The molecule has 15 heavy (non-hydrogen) atoms. The molecule has 2 atom stereocenters. The van der Waals surface area contributed by atoms with Gasteiger partial charge in [0.2, 0.25) is 10.0 Å². The van der Waals surface area contributed by atoms with E-state index >= 15 is 0 Å². The first-order valence-corrected chi connectivity index (χ1v) is 8.09. The summed E-state index contributed by atoms with van der Waals surface area (Å²) in [5.41, 5.74) is 0. The molecular weight excluding hydrogens is 278 g/mol. The minimum absolute atomic E-state index is 0.186. The molecule has 1 aliphatic carbocycles. The van der Waals surface area contributed by atoms with Gasteiger partial charge in [-0.2, -0.15) is 0 Å². The minimum Gasteiger partial charge on any atom is -0.215 e. The molecule has 3 nitrogen and oxygen atoms in total. The molecule has 0 aromatic carbocycles. The molecule has 0 spiro atoms. The molecule has 1 aliphatic rings. The highest BCUT2D eigenvalue weighted by atomic mass is 79.9. The average molecular weight is 298 g/mol. The molecule has 0 amide bonds. The number of nitrogens with one attached hydrogen (secondary N) is 1. The first-order valence-electron chi connectivity index (χ1n) is 5.52. The maximum absolute atomic E-state index is 11.6. The predicted molar refractivity (Wildman–Crippen MR) is 66.7 cm³/mol. The molecule has 0 aromatic heterocycles. The Hall–Kier alpha value is 0.390. The molecule has 0 aliphatic heterocycles. The summed E-state index contributed by atoms with van der Waals surface area (Å²) >= 11 is 3.59. The maximum atomic E-state index is 11.6. The Morgan fingerprint density at radius 1 is 1.40 bits per heavy atom. The zero-order chi connectivity index (χ0) is 11.5. The first kappa shape index (κ1) is 13.5. The van der Waals surface area contributed by atoms with Gasteiger partial charge in [0.15, 0.2) is 0 Å². The van der Waals surface area contributed by atoms with Crippen molar-refractivity contribution in [3.63, 3.8) is 0 Å². The summed E-state index contributed by atoms with van der Waals surface area (Å²) in [6, 6.07) is 0. The Morgan fingerprint density at radius 3 is 2.53 bits per heavy atom. The normalized spacial score (nSPS) is 27.5. The fourth-order valence-corrected chi connectivity index (χ4v) is 4.19. The summed E-state index contributed by atoms with van der Waals surface area (Å²) in [5, 5.41) is 0. The van der Waals surface area contributed by atoms with Crippen LogP contribution in [0.1, 0.15) is 33.1 Å². The molecule has 90 valence electrons. The Labute approximate surface area is 101 Å². The molecule has 1 saturated carbocycles. The predicted octanol–water partition coefficient (Wildman–Crippen LogP) is 2.13. The van der Waals surface area contributed by atoms with E-state index in [1.165, 1.54) is 6.42 Å². The fourth-order valence-electron chi connectivity index (χ4n) is 1.95. The van der Waals surface area contributed by atoms with E-state index in [0.717, 1.165) is 12.8 Å². The maximum Gasteiger partial charge on any atom is 0.211 e. The highest BCUT2D eigenvalue weighted by Crippen LogP contribution is 2.30. The van der Waals surface area contributed by atoms with Crippen molar-refractivity contribution in [1.29, 1.82) is 0 Å². The number of halogens is 1. The second-order valence-electron chi connectivity index (χ2n) is 4.73. The van der Waals surface area contributed by atoms with E-state index in [4.69, 9.17) is 0 Å². The van der Waals surface area contributed by atoms with Gasteiger partial charge in [0.05, 0.1) is 5.75 Å². The minimum atomic E-state index is -3.06. The van der Waals surface area contributed by atoms with Gasteiger partial charge in [0, 0.05) is 11.4 Å². The van der Waals surface area contributed by atoms with Gasteiger partial charge in [0.1, 0.15) is 0 Å². The van der Waals surface area contributed by atoms with Crippen molar-refractivity contribution in [1.82, 2.24) is 4.72 Å². The molecule has 0 heterocycles. The summed E-state index contributed by atoms with van der Waals surface area (Å²) in [5.74, 6) is 0.880. The lowest BCUT2D eigenvalue weighted by Crippen LogP contribution is -2.33. The second kappa shape index (κ2) is 5.64. The molecule has 5 heteroatoms. The second-order valence-corrected chi connectivity index (χ2v) is 7.76. The van der Waals surface area contributed by atoms with Crippen molar-refractivity contribution in [3.05, 3.63) is 0 Å². The average Bonchev–Trinajstić information content (AvgIpc) is 2.45. The van der Waals surface area contributed by atoms with Crippen LogP contribution in [0.25, 0.3) is 0 Å². The van der Waals surface area contributed by atoms with E-state index in [1.807, 2.05) is 13.8 Å². The van der Waals surface area contributed by atoms with Gasteiger partial charge in [-0.05, 0) is 24.7 Å². The summed E-state index contributed by atoms with van der Waals surface area (Å²) in [6.45, 7) is 4.43. The number of hydrogen-bond acceptors (Lipinski definition) is 2. The summed E-state index contributed by atoms with van der Waals surface area (Å²) in [6.07, 6.45) is 3.49. The van der Waals surface area contributed by atoms with Gasteiger partial charge >= 0.3 is 0 Å². The molecule has 1 fully saturated rings. The Morgan fingerprint density at radius 2 is 2.07 bits per heavy atom. The van der Waals surface area contributed by atoms with Crippen molar-refractivity contribution >= 4 is 26.0 Å². The van der Waals surface area contributed by atoms with Crippen molar-refractivity contribution in [3.8, 4) is 0 Å². The molecule has 0 bridgehead atoms. The van der Waals surface area contributed by atoms with E-state index in [0.29, 0.717) is 17.3 Å². The van der Waals surface area contributed by atoms with E-state index in [-0.39, 0.29) is 11.7 Å². The molecule has 1 rings (SSSR count). The van der Waals surface area contributed by atoms with Crippen LogP contribution in [-0.2, 0) is 10.0 Å². The Bertz CT molecular complexity index is 290. The topological polar surface area (TPSA) is 46.2 Å². The number of rotatable bonds is 5. The van der Waals surface area contributed by atoms with E-state index in [9.17, 15) is 8.42 Å². The van der Waals surface area contributed by atoms with Crippen LogP contribution < -0.4 is 4.72 Å². The number of hydrogen-bond donors (Lipinski definition) is 1. The molecular formula is C10H20BrNO2S. The van der Waals surface area contributed by atoms with Crippen LogP contribution in [-0.4, -0.2) is 25.5 Å². The molecule has 1 N–H and O–H groups in total. The highest BCUT2D eigenvalue weighted by molar-refractivity contribution is 9.09. The van der Waals surface area contributed by atoms with Crippen molar-refractivity contribution < 1.29 is 8.42 Å². The lowest BCUT2D eigenvalue weighted by atomic mass is 10.1. The van der Waals surface area contributed by atoms with Gasteiger partial charge in [-0.3, -0.25) is 0 Å². The van der Waals surface area contributed by atoms with E-state index in [1.54, 1.807) is 0 Å². The van der Waals surface area contributed by atoms with E-state index < -0.39 is 10.0 Å². The van der Waals surface area contributed by atoms with Crippen LogP contribution in [0.15, 0.2) is 0 Å². The summed E-state index contributed by atoms with van der Waals surface area (Å²) in [4.78, 5) is 0.485. The fraction of sp³-hybridized carbons (Fsp3) is 1.00. The van der Waals surface area contributed by atoms with Gasteiger partial charge in [0.25, 0.3) is 0 Å². The SMILES string of the molecule is CC(C)CS(=O)(=O)NCC1CCCC1Br. The third kappa shape index (κ3) is 4.83. The Kier molecular flexibility index (Phi) is 5.06. The summed E-state index contributed by atoms with van der Waals surface area (Å²) in [7, 11) is -3.06. The third-order valence-electron chi connectivity index (χ3n) is 2.68. The first-order chi connectivity index (χ1) is 6.91. The van der Waals surface area contributed by atoms with Crippen LogP contribution >= 0.6 is 15.9 Å². The lowest BCUT2D eigenvalue weighted by Gasteiger charge is -2.15. The van der Waals surface area contributed by atoms with Crippen molar-refractivity contribution in [2.75, 3.05) is 12.3 Å². The largest absolute Gasteiger partial charge is 0.215 e. The van der Waals surface area contributed by atoms with Crippen LogP contribution in [0.4, 0.5) is 0 Å². The Balaban J connectivity index is 2.35. The van der Waals surface area contributed by atoms with Crippen molar-refractivity contribution in [2.24, 2.45) is 11.8 Å². The number of sulfonamides is 1. The monoisotopic (exact) mass is 297 g/mol. The van der Waals surface area contributed by atoms with Gasteiger partial charge in [-0.1, -0.05) is 36.2 Å². The molecule has 0 radical (unpaired) electrons. The smallest absolute Gasteiger partial charge is 0.211 e. The molecule has 0 aromatic rings. The van der Waals surface area contributed by atoms with Gasteiger partial charge in [-0.25, -0.2) is 13.1 Å². The summed E-state index contributed by atoms with van der Waals surface area (Å²) < 4.78 is 25.9. The quantitative estimate of drug-likeness (QED) is 0.790. The van der Waals surface area contributed by atoms with E-state index in [2.05, 4.69) is 20.7 Å². The van der Waals surface area contributed by atoms with Crippen molar-refractivity contribution in [2.45, 2.75) is 37.9 Å². The molecule has 0 saturated heterocycles. The van der Waals surface area contributed by atoms with Crippen LogP contribution in [0.5, 0.6) is 0 Å². The van der Waals surface area contributed by atoms with Crippen LogP contribution in [0.2, 0.25) is 0 Å². The van der Waals surface area contributed by atoms with Crippen LogP contribution in [0, 0.1) is 11.8 Å².